The van der Waals surface area contributed by atoms with E-state index in [0.29, 0.717) is 12.1 Å². The van der Waals surface area contributed by atoms with Crippen molar-refractivity contribution in [1.29, 1.82) is 0 Å². The summed E-state index contributed by atoms with van der Waals surface area (Å²) >= 11 is 0. The molecule has 0 saturated carbocycles. The van der Waals surface area contributed by atoms with Gasteiger partial charge in [0.1, 0.15) is 0 Å². The average molecular weight is 179 g/mol. The van der Waals surface area contributed by atoms with Crippen LogP contribution in [-0.2, 0) is 0 Å². The summed E-state index contributed by atoms with van der Waals surface area (Å²) in [6.07, 6.45) is 0. The van der Waals surface area contributed by atoms with Gasteiger partial charge in [0.25, 0.3) is 0 Å². The SMILES string of the molecule is CCN1[C@H](C)CNC[C@@H]1C.Cl. The fourth-order valence-electron chi connectivity index (χ4n) is 1.79. The molecule has 0 unspecified atom stereocenters. The van der Waals surface area contributed by atoms with Crippen molar-refractivity contribution in [2.45, 2.75) is 32.9 Å². The second-order valence-corrected chi connectivity index (χ2v) is 3.19. The molecule has 0 bridgehead atoms. The number of nitrogens with zero attached hydrogens (tertiary/aromatic N) is 1. The zero-order valence-corrected chi connectivity index (χ0v) is 8.45. The number of piperazine rings is 1. The van der Waals surface area contributed by atoms with Crippen LogP contribution >= 0.6 is 12.4 Å². The minimum Gasteiger partial charge on any atom is -0.314 e. The third-order valence-electron chi connectivity index (χ3n) is 2.38. The van der Waals surface area contributed by atoms with Gasteiger partial charge in [0, 0.05) is 25.2 Å². The fraction of sp³-hybridized carbons (Fsp3) is 1.00. The third-order valence-corrected chi connectivity index (χ3v) is 2.38. The molecule has 0 spiro atoms. The molecule has 1 aliphatic rings. The van der Waals surface area contributed by atoms with Crippen LogP contribution in [-0.4, -0.2) is 36.6 Å². The molecule has 11 heavy (non-hydrogen) atoms. The number of likely N-dealkylation sites (N-methyl/N-ethyl adjacent to an activating group) is 1. The second-order valence-electron chi connectivity index (χ2n) is 3.19. The van der Waals surface area contributed by atoms with Crippen molar-refractivity contribution < 1.29 is 0 Å². The summed E-state index contributed by atoms with van der Waals surface area (Å²) in [4.78, 5) is 2.54. The predicted molar refractivity (Wildman–Crippen MR) is 51.4 cm³/mol. The van der Waals surface area contributed by atoms with E-state index in [1.54, 1.807) is 0 Å². The molecule has 1 heterocycles. The van der Waals surface area contributed by atoms with Gasteiger partial charge in [-0.15, -0.1) is 12.4 Å². The molecule has 0 aromatic rings. The lowest BCUT2D eigenvalue weighted by atomic mass is 10.1. The molecule has 0 aliphatic carbocycles. The first-order chi connectivity index (χ1) is 4.75. The van der Waals surface area contributed by atoms with Gasteiger partial charge in [-0.3, -0.25) is 4.90 Å². The van der Waals surface area contributed by atoms with Gasteiger partial charge < -0.3 is 5.32 Å². The topological polar surface area (TPSA) is 15.3 Å². The van der Waals surface area contributed by atoms with Gasteiger partial charge in [-0.1, -0.05) is 6.92 Å². The molecular formula is C8H19ClN2. The number of hydrogen-bond acceptors (Lipinski definition) is 2. The normalized spacial score (nSPS) is 33.0. The van der Waals surface area contributed by atoms with Crippen LogP contribution in [0.2, 0.25) is 0 Å². The molecule has 68 valence electrons. The van der Waals surface area contributed by atoms with Crippen molar-refractivity contribution in [1.82, 2.24) is 10.2 Å². The molecule has 1 rings (SSSR count). The van der Waals surface area contributed by atoms with Crippen molar-refractivity contribution in [3.63, 3.8) is 0 Å². The minimum absolute atomic E-state index is 0. The molecule has 3 heteroatoms. The Morgan fingerprint density at radius 2 is 1.73 bits per heavy atom. The summed E-state index contributed by atoms with van der Waals surface area (Å²) in [5, 5.41) is 3.41. The molecule has 2 nitrogen and oxygen atoms in total. The van der Waals surface area contributed by atoms with E-state index in [1.807, 2.05) is 0 Å². The largest absolute Gasteiger partial charge is 0.314 e. The molecule has 0 aromatic carbocycles. The maximum atomic E-state index is 3.41. The van der Waals surface area contributed by atoms with E-state index < -0.39 is 0 Å². The maximum absolute atomic E-state index is 3.41. The van der Waals surface area contributed by atoms with Crippen LogP contribution in [0.1, 0.15) is 20.8 Å². The Kier molecular flexibility index (Phi) is 5.06. The Morgan fingerprint density at radius 1 is 1.27 bits per heavy atom. The number of hydrogen-bond donors (Lipinski definition) is 1. The van der Waals surface area contributed by atoms with E-state index in [0.717, 1.165) is 13.1 Å². The summed E-state index contributed by atoms with van der Waals surface area (Å²) in [6.45, 7) is 10.3. The standard InChI is InChI=1S/C8H18N2.ClH/c1-4-10-7(2)5-9-6-8(10)3;/h7-9H,4-6H2,1-3H3;1H/t7-,8+;. The second kappa shape index (κ2) is 4.96. The van der Waals surface area contributed by atoms with Crippen LogP contribution < -0.4 is 5.32 Å². The quantitative estimate of drug-likeness (QED) is 0.648. The lowest BCUT2D eigenvalue weighted by Crippen LogP contribution is -2.54. The summed E-state index contributed by atoms with van der Waals surface area (Å²) in [6, 6.07) is 1.43. The van der Waals surface area contributed by atoms with Crippen LogP contribution in [0.15, 0.2) is 0 Å². The summed E-state index contributed by atoms with van der Waals surface area (Å²) in [5.74, 6) is 0. The molecule has 1 aliphatic heterocycles. The maximum Gasteiger partial charge on any atom is 0.0195 e. The molecule has 1 saturated heterocycles. The highest BCUT2D eigenvalue weighted by Crippen LogP contribution is 2.07. The fourth-order valence-corrected chi connectivity index (χ4v) is 1.79. The highest BCUT2D eigenvalue weighted by Gasteiger charge is 2.21. The van der Waals surface area contributed by atoms with Crippen LogP contribution in [0, 0.1) is 0 Å². The van der Waals surface area contributed by atoms with Crippen LogP contribution in [0.4, 0.5) is 0 Å². The van der Waals surface area contributed by atoms with Crippen molar-refractivity contribution in [3.05, 3.63) is 0 Å². The van der Waals surface area contributed by atoms with E-state index in [9.17, 15) is 0 Å². The average Bonchev–Trinajstić information content (AvgIpc) is 1.88. The van der Waals surface area contributed by atoms with Crippen LogP contribution in [0.25, 0.3) is 0 Å². The number of rotatable bonds is 1. The summed E-state index contributed by atoms with van der Waals surface area (Å²) < 4.78 is 0. The highest BCUT2D eigenvalue weighted by molar-refractivity contribution is 5.85. The lowest BCUT2D eigenvalue weighted by Gasteiger charge is -2.38. The predicted octanol–water partition coefficient (Wildman–Crippen LogP) is 1.11. The molecule has 0 radical (unpaired) electrons. The third kappa shape index (κ3) is 2.62. The zero-order valence-electron chi connectivity index (χ0n) is 7.63. The lowest BCUT2D eigenvalue weighted by molar-refractivity contribution is 0.124. The Bertz CT molecular complexity index is 98.3. The van der Waals surface area contributed by atoms with Crippen LogP contribution in [0.5, 0.6) is 0 Å². The smallest absolute Gasteiger partial charge is 0.0195 e. The first-order valence-corrected chi connectivity index (χ1v) is 4.22. The monoisotopic (exact) mass is 178 g/mol. The van der Waals surface area contributed by atoms with E-state index in [1.165, 1.54) is 6.54 Å². The first kappa shape index (κ1) is 11.2. The van der Waals surface area contributed by atoms with Gasteiger partial charge in [0.05, 0.1) is 0 Å². The van der Waals surface area contributed by atoms with Gasteiger partial charge in [-0.25, -0.2) is 0 Å². The van der Waals surface area contributed by atoms with E-state index in [4.69, 9.17) is 0 Å². The minimum atomic E-state index is 0. The van der Waals surface area contributed by atoms with Crippen molar-refractivity contribution in [2.75, 3.05) is 19.6 Å². The van der Waals surface area contributed by atoms with Gasteiger partial charge in [0.2, 0.25) is 0 Å². The number of nitrogens with one attached hydrogen (secondary N) is 1. The molecule has 0 aromatic heterocycles. The van der Waals surface area contributed by atoms with E-state index in [2.05, 4.69) is 31.0 Å². The van der Waals surface area contributed by atoms with Gasteiger partial charge >= 0.3 is 0 Å². The Hall–Kier alpha value is 0.210. The molecular weight excluding hydrogens is 160 g/mol. The Balaban J connectivity index is 0.000001000. The Morgan fingerprint density at radius 3 is 2.00 bits per heavy atom. The van der Waals surface area contributed by atoms with Crippen LogP contribution in [0.3, 0.4) is 0 Å². The van der Waals surface area contributed by atoms with Gasteiger partial charge in [-0.05, 0) is 20.4 Å². The summed E-state index contributed by atoms with van der Waals surface area (Å²) in [5.41, 5.74) is 0. The van der Waals surface area contributed by atoms with Crippen molar-refractivity contribution in [3.8, 4) is 0 Å². The van der Waals surface area contributed by atoms with Crippen molar-refractivity contribution >= 4 is 12.4 Å². The molecule has 1 fully saturated rings. The molecule has 1 N–H and O–H groups in total. The highest BCUT2D eigenvalue weighted by atomic mass is 35.5. The van der Waals surface area contributed by atoms with E-state index in [-0.39, 0.29) is 12.4 Å². The zero-order chi connectivity index (χ0) is 7.56. The Labute approximate surface area is 75.8 Å². The number of halogens is 1. The molecule has 2 atom stereocenters. The van der Waals surface area contributed by atoms with Gasteiger partial charge in [-0.2, -0.15) is 0 Å². The summed E-state index contributed by atoms with van der Waals surface area (Å²) in [7, 11) is 0. The first-order valence-electron chi connectivity index (χ1n) is 4.22. The van der Waals surface area contributed by atoms with E-state index >= 15 is 0 Å². The van der Waals surface area contributed by atoms with Crippen molar-refractivity contribution in [2.24, 2.45) is 0 Å². The van der Waals surface area contributed by atoms with Gasteiger partial charge in [0.15, 0.2) is 0 Å². The molecule has 0 amide bonds.